The van der Waals surface area contributed by atoms with Gasteiger partial charge in [0.1, 0.15) is 0 Å². The van der Waals surface area contributed by atoms with Crippen molar-refractivity contribution in [2.24, 2.45) is 0 Å². The Balaban J connectivity index is 2.50. The summed E-state index contributed by atoms with van der Waals surface area (Å²) in [6.45, 7) is 5.13. The van der Waals surface area contributed by atoms with Crippen LogP contribution in [0.5, 0.6) is 0 Å². The highest BCUT2D eigenvalue weighted by Gasteiger charge is 2.12. The fourth-order valence-electron chi connectivity index (χ4n) is 2.11. The van der Waals surface area contributed by atoms with Crippen LogP contribution >= 0.6 is 0 Å². The van der Waals surface area contributed by atoms with E-state index in [2.05, 4.69) is 19.2 Å². The van der Waals surface area contributed by atoms with Crippen molar-refractivity contribution in [1.29, 1.82) is 0 Å². The van der Waals surface area contributed by atoms with Crippen molar-refractivity contribution in [3.63, 3.8) is 0 Å². The van der Waals surface area contributed by atoms with Gasteiger partial charge in [0.05, 0.1) is 4.92 Å². The van der Waals surface area contributed by atoms with E-state index in [1.54, 1.807) is 12.1 Å². The van der Waals surface area contributed by atoms with Crippen LogP contribution in [-0.2, 0) is 6.42 Å². The lowest BCUT2D eigenvalue weighted by molar-refractivity contribution is -0.385. The first-order valence-electron chi connectivity index (χ1n) is 6.64. The van der Waals surface area contributed by atoms with Crippen molar-refractivity contribution in [3.8, 4) is 0 Å². The maximum absolute atomic E-state index is 10.9. The topological polar surface area (TPSA) is 55.2 Å². The Bertz CT molecular complexity index is 380. The maximum atomic E-state index is 10.9. The summed E-state index contributed by atoms with van der Waals surface area (Å²) in [6, 6.07) is 7.49. The van der Waals surface area contributed by atoms with Crippen molar-refractivity contribution in [2.45, 2.75) is 45.6 Å². The van der Waals surface area contributed by atoms with Gasteiger partial charge < -0.3 is 5.32 Å². The number of hydrogen-bond donors (Lipinski definition) is 1. The van der Waals surface area contributed by atoms with Crippen molar-refractivity contribution < 1.29 is 4.92 Å². The highest BCUT2D eigenvalue weighted by molar-refractivity contribution is 5.39. The first-order chi connectivity index (χ1) is 8.69. The molecule has 0 fully saturated rings. The van der Waals surface area contributed by atoms with Crippen LogP contribution in [0.1, 0.15) is 38.7 Å². The van der Waals surface area contributed by atoms with E-state index in [4.69, 9.17) is 0 Å². The van der Waals surface area contributed by atoms with Crippen molar-refractivity contribution in [2.75, 3.05) is 6.54 Å². The number of hydrogen-bond acceptors (Lipinski definition) is 3. The Morgan fingerprint density at radius 2 is 2.06 bits per heavy atom. The fourth-order valence-corrected chi connectivity index (χ4v) is 2.11. The lowest BCUT2D eigenvalue weighted by Crippen LogP contribution is -2.30. The molecule has 1 aromatic carbocycles. The Morgan fingerprint density at radius 1 is 1.33 bits per heavy atom. The minimum atomic E-state index is -0.307. The van der Waals surface area contributed by atoms with E-state index in [-0.39, 0.29) is 10.6 Å². The number of para-hydroxylation sites is 1. The molecule has 0 radical (unpaired) electrons. The first-order valence-corrected chi connectivity index (χ1v) is 6.64. The van der Waals surface area contributed by atoms with Gasteiger partial charge >= 0.3 is 0 Å². The molecule has 1 N–H and O–H groups in total. The number of benzene rings is 1. The van der Waals surface area contributed by atoms with Crippen LogP contribution in [0.4, 0.5) is 5.69 Å². The monoisotopic (exact) mass is 250 g/mol. The number of rotatable bonds is 8. The molecule has 4 nitrogen and oxygen atoms in total. The summed E-state index contributed by atoms with van der Waals surface area (Å²) in [5.74, 6) is 0. The second-order valence-corrected chi connectivity index (χ2v) is 4.48. The molecule has 100 valence electrons. The summed E-state index contributed by atoms with van der Waals surface area (Å²) in [5, 5.41) is 14.3. The number of nitro groups is 1. The van der Waals surface area contributed by atoms with Crippen LogP contribution in [0.15, 0.2) is 24.3 Å². The predicted octanol–water partition coefficient (Wildman–Crippen LogP) is 3.31. The number of nitrogens with zero attached hydrogens (tertiary/aromatic N) is 1. The third-order valence-corrected chi connectivity index (χ3v) is 3.15. The molecule has 0 aliphatic rings. The molecule has 0 bridgehead atoms. The summed E-state index contributed by atoms with van der Waals surface area (Å²) < 4.78 is 0. The van der Waals surface area contributed by atoms with Gasteiger partial charge in [0.15, 0.2) is 0 Å². The van der Waals surface area contributed by atoms with Gasteiger partial charge in [0, 0.05) is 17.7 Å². The van der Waals surface area contributed by atoms with Crippen molar-refractivity contribution >= 4 is 5.69 Å². The average molecular weight is 250 g/mol. The largest absolute Gasteiger partial charge is 0.314 e. The van der Waals surface area contributed by atoms with Gasteiger partial charge in [-0.15, -0.1) is 0 Å². The quantitative estimate of drug-likeness (QED) is 0.569. The molecule has 0 aliphatic carbocycles. The van der Waals surface area contributed by atoms with E-state index in [1.165, 1.54) is 0 Å². The zero-order valence-electron chi connectivity index (χ0n) is 11.2. The van der Waals surface area contributed by atoms with Gasteiger partial charge in [-0.3, -0.25) is 10.1 Å². The Labute approximate surface area is 109 Å². The molecule has 0 amide bonds. The fraction of sp³-hybridized carbons (Fsp3) is 0.571. The smallest absolute Gasteiger partial charge is 0.272 e. The Kier molecular flexibility index (Phi) is 6.36. The highest BCUT2D eigenvalue weighted by atomic mass is 16.6. The molecule has 0 heterocycles. The van der Waals surface area contributed by atoms with Gasteiger partial charge in [-0.1, -0.05) is 38.5 Å². The van der Waals surface area contributed by atoms with Crippen LogP contribution < -0.4 is 5.32 Å². The van der Waals surface area contributed by atoms with E-state index in [9.17, 15) is 10.1 Å². The van der Waals surface area contributed by atoms with Crippen LogP contribution in [-0.4, -0.2) is 17.5 Å². The molecule has 1 unspecified atom stereocenters. The van der Waals surface area contributed by atoms with E-state index in [1.807, 2.05) is 12.1 Å². The van der Waals surface area contributed by atoms with E-state index in [0.29, 0.717) is 12.5 Å². The molecule has 0 saturated carbocycles. The molecule has 4 heteroatoms. The molecule has 0 spiro atoms. The summed E-state index contributed by atoms with van der Waals surface area (Å²) in [4.78, 5) is 10.6. The van der Waals surface area contributed by atoms with Crippen LogP contribution in [0.2, 0.25) is 0 Å². The first kappa shape index (κ1) is 14.6. The summed E-state index contributed by atoms with van der Waals surface area (Å²) in [5.41, 5.74) is 1.03. The molecule has 1 rings (SSSR count). The summed E-state index contributed by atoms with van der Waals surface area (Å²) in [6.07, 6.45) is 4.13. The molecule has 0 aromatic heterocycles. The van der Waals surface area contributed by atoms with Gasteiger partial charge in [-0.2, -0.15) is 0 Å². The zero-order chi connectivity index (χ0) is 13.4. The highest BCUT2D eigenvalue weighted by Crippen LogP contribution is 2.17. The second kappa shape index (κ2) is 7.82. The second-order valence-electron chi connectivity index (χ2n) is 4.48. The average Bonchev–Trinajstić information content (AvgIpc) is 2.38. The van der Waals surface area contributed by atoms with Gasteiger partial charge in [-0.05, 0) is 25.8 Å². The van der Waals surface area contributed by atoms with Gasteiger partial charge in [0.2, 0.25) is 0 Å². The summed E-state index contributed by atoms with van der Waals surface area (Å²) >= 11 is 0. The third-order valence-electron chi connectivity index (χ3n) is 3.15. The minimum absolute atomic E-state index is 0.225. The van der Waals surface area contributed by atoms with Crippen LogP contribution in [0, 0.1) is 10.1 Å². The molecular formula is C14H22N2O2. The SMILES string of the molecule is CCCC(CC)NCCc1ccccc1[N+](=O)[O-]. The van der Waals surface area contributed by atoms with Crippen LogP contribution in [0.25, 0.3) is 0 Å². The summed E-state index contributed by atoms with van der Waals surface area (Å²) in [7, 11) is 0. The molecular weight excluding hydrogens is 228 g/mol. The third kappa shape index (κ3) is 4.45. The van der Waals surface area contributed by atoms with E-state index in [0.717, 1.165) is 31.4 Å². The van der Waals surface area contributed by atoms with Crippen molar-refractivity contribution in [3.05, 3.63) is 39.9 Å². The lowest BCUT2D eigenvalue weighted by atomic mass is 10.1. The lowest BCUT2D eigenvalue weighted by Gasteiger charge is -2.15. The number of nitrogens with one attached hydrogen (secondary N) is 1. The maximum Gasteiger partial charge on any atom is 0.272 e. The molecule has 1 atom stereocenters. The predicted molar refractivity (Wildman–Crippen MR) is 73.8 cm³/mol. The Morgan fingerprint density at radius 3 is 2.67 bits per heavy atom. The molecule has 0 aliphatic heterocycles. The molecule has 0 saturated heterocycles. The van der Waals surface area contributed by atoms with Gasteiger partial charge in [0.25, 0.3) is 5.69 Å². The number of nitro benzene ring substituents is 1. The van der Waals surface area contributed by atoms with Crippen LogP contribution in [0.3, 0.4) is 0 Å². The Hall–Kier alpha value is -1.42. The zero-order valence-corrected chi connectivity index (χ0v) is 11.2. The molecule has 18 heavy (non-hydrogen) atoms. The standard InChI is InChI=1S/C14H22N2O2/c1-3-7-13(4-2)15-11-10-12-8-5-6-9-14(12)16(17)18/h5-6,8-9,13,15H,3-4,7,10-11H2,1-2H3. The van der Waals surface area contributed by atoms with E-state index < -0.39 is 0 Å². The minimum Gasteiger partial charge on any atom is -0.314 e. The molecule has 1 aromatic rings. The van der Waals surface area contributed by atoms with E-state index >= 15 is 0 Å². The normalized spacial score (nSPS) is 12.3. The van der Waals surface area contributed by atoms with Crippen molar-refractivity contribution in [1.82, 2.24) is 5.32 Å². The van der Waals surface area contributed by atoms with Gasteiger partial charge in [-0.25, -0.2) is 0 Å².